The first kappa shape index (κ1) is 10.1. The molecule has 45 heavy (non-hydrogen) atoms. The van der Waals surface area contributed by atoms with Crippen LogP contribution in [0.3, 0.4) is 0 Å². The summed E-state index contributed by atoms with van der Waals surface area (Å²) in [5.41, 5.74) is -7.67. The van der Waals surface area contributed by atoms with Gasteiger partial charge >= 0.3 is 0 Å². The summed E-state index contributed by atoms with van der Waals surface area (Å²) in [6.45, 7) is 0. The smallest absolute Gasteiger partial charge is 0.136 e. The van der Waals surface area contributed by atoms with Crippen molar-refractivity contribution in [2.75, 3.05) is 0 Å². The zero-order chi connectivity index (χ0) is 54.1. The molecule has 9 rings (SSSR count). The predicted molar refractivity (Wildman–Crippen MR) is 190 cm³/mol. The number of hydrogen-bond acceptors (Lipinski definition) is 1. The van der Waals surface area contributed by atoms with Gasteiger partial charge in [0.25, 0.3) is 0 Å². The molecule has 210 valence electrons. The highest BCUT2D eigenvalue weighted by atomic mass is 16.3. The van der Waals surface area contributed by atoms with E-state index < -0.39 is 257 Å². The lowest BCUT2D eigenvalue weighted by molar-refractivity contribution is 0.669. The summed E-state index contributed by atoms with van der Waals surface area (Å²) in [5, 5.41) is -4.34. The highest BCUT2D eigenvalue weighted by molar-refractivity contribution is 6.25. The van der Waals surface area contributed by atoms with Gasteiger partial charge in [-0.05, 0) is 90.2 Å². The molecular formula is C44H28O. The summed E-state index contributed by atoms with van der Waals surface area (Å²) >= 11 is 0. The Balaban J connectivity index is 1.63. The molecule has 0 bridgehead atoms. The van der Waals surface area contributed by atoms with Crippen molar-refractivity contribution in [3.8, 4) is 44.5 Å². The van der Waals surface area contributed by atoms with Crippen LogP contribution in [0.1, 0.15) is 38.4 Å². The molecule has 8 aromatic carbocycles. The Bertz CT molecular complexity index is 3980. The number of rotatable bonds is 4. The van der Waals surface area contributed by atoms with E-state index in [1.165, 1.54) is 0 Å². The third-order valence-corrected chi connectivity index (χ3v) is 7.07. The van der Waals surface area contributed by atoms with Crippen molar-refractivity contribution in [3.63, 3.8) is 0 Å². The minimum atomic E-state index is -1.07. The number of furan rings is 1. The first-order valence-electron chi connectivity index (χ1n) is 27.2. The van der Waals surface area contributed by atoms with Crippen LogP contribution < -0.4 is 0 Å². The van der Waals surface area contributed by atoms with Crippen LogP contribution in [0, 0.1) is 0 Å². The van der Waals surface area contributed by atoms with Crippen molar-refractivity contribution >= 4 is 43.5 Å². The zero-order valence-electron chi connectivity index (χ0n) is 50.4. The normalized spacial score (nSPS) is 20.3. The Labute approximate surface area is 301 Å². The largest absolute Gasteiger partial charge is 0.456 e. The van der Waals surface area contributed by atoms with E-state index in [9.17, 15) is 11.0 Å². The monoisotopic (exact) mass is 600 g/mol. The second-order valence-corrected chi connectivity index (χ2v) is 9.51. The van der Waals surface area contributed by atoms with Crippen molar-refractivity contribution in [2.24, 2.45) is 0 Å². The first-order valence-corrected chi connectivity index (χ1v) is 13.2. The molecule has 0 fully saturated rings. The fourth-order valence-corrected chi connectivity index (χ4v) is 5.23. The van der Waals surface area contributed by atoms with Gasteiger partial charge in [0, 0.05) is 10.8 Å². The van der Waals surface area contributed by atoms with E-state index in [1.807, 2.05) is 0 Å². The Morgan fingerprint density at radius 1 is 0.333 bits per heavy atom. The van der Waals surface area contributed by atoms with Gasteiger partial charge in [0.1, 0.15) is 11.2 Å². The average Bonchev–Trinajstić information content (AvgIpc) is 3.76. The van der Waals surface area contributed by atoms with Gasteiger partial charge in [-0.25, -0.2) is 0 Å². The molecule has 9 aromatic rings. The quantitative estimate of drug-likeness (QED) is 0.183. The van der Waals surface area contributed by atoms with Gasteiger partial charge in [-0.1, -0.05) is 145 Å². The molecule has 0 atom stereocenters. The molecule has 1 heterocycles. The van der Waals surface area contributed by atoms with Crippen molar-refractivity contribution in [1.29, 1.82) is 0 Å². The Kier molecular flexibility index (Phi) is 2.32. The summed E-state index contributed by atoms with van der Waals surface area (Å²) in [4.78, 5) is 0. The van der Waals surface area contributed by atoms with Crippen LogP contribution in [0.15, 0.2) is 174 Å². The lowest BCUT2D eigenvalue weighted by atomic mass is 9.84. The molecular weight excluding hydrogens is 544 g/mol. The maximum Gasteiger partial charge on any atom is 0.136 e. The number of benzene rings is 8. The SMILES string of the molecule is [2H]c1c([2H])c([2H])c(-c2c([2H])c([2H])c([2H])c(-c3c4c([2H])c([2H])c([2H])c([2H])c4c(-c4c([2H])c([2H])c([2H])c5oc6c([2H])c([2H])c(-c7c([2H])c([2H])c([2H])c([2H])c7[2H])c([2H])c6c45)c4c([2H])c([2H])c([2H])c([2H])c34)c2[2H])c([2H])c1[2H]. The van der Waals surface area contributed by atoms with Gasteiger partial charge in [0.2, 0.25) is 0 Å². The van der Waals surface area contributed by atoms with Crippen molar-refractivity contribution in [3.05, 3.63) is 169 Å². The Morgan fingerprint density at radius 2 is 0.844 bits per heavy atom. The second kappa shape index (κ2) is 10.4. The van der Waals surface area contributed by atoms with Crippen LogP contribution in [0.5, 0.6) is 0 Å². The van der Waals surface area contributed by atoms with E-state index in [2.05, 4.69) is 0 Å². The fraction of sp³-hybridized carbons (Fsp3) is 0. The Hall–Kier alpha value is -5.92. The summed E-state index contributed by atoms with van der Waals surface area (Å²) < 4.78 is 256. The topological polar surface area (TPSA) is 13.1 Å². The van der Waals surface area contributed by atoms with Crippen molar-refractivity contribution in [2.45, 2.75) is 0 Å². The first-order chi connectivity index (χ1) is 34.0. The van der Waals surface area contributed by atoms with E-state index in [1.54, 1.807) is 0 Å². The van der Waals surface area contributed by atoms with E-state index in [-0.39, 0.29) is 0 Å². The maximum absolute atomic E-state index is 9.63. The van der Waals surface area contributed by atoms with Crippen LogP contribution in [0.4, 0.5) is 0 Å². The third kappa shape index (κ3) is 4.17. The molecule has 0 aliphatic heterocycles. The van der Waals surface area contributed by atoms with Gasteiger partial charge in [-0.2, -0.15) is 0 Å². The molecule has 0 unspecified atom stereocenters. The van der Waals surface area contributed by atoms with Crippen molar-refractivity contribution < 1.29 is 42.8 Å². The van der Waals surface area contributed by atoms with Gasteiger partial charge in [-0.15, -0.1) is 0 Å². The maximum atomic E-state index is 9.63. The third-order valence-electron chi connectivity index (χ3n) is 7.07. The van der Waals surface area contributed by atoms with Crippen LogP contribution in [0.25, 0.3) is 88.0 Å². The summed E-state index contributed by atoms with van der Waals surface area (Å²) in [5.74, 6) is 0. The molecule has 0 aliphatic carbocycles. The lowest BCUT2D eigenvalue weighted by Crippen LogP contribution is -1.91. The number of fused-ring (bicyclic) bond motifs is 5. The molecule has 0 spiro atoms. The van der Waals surface area contributed by atoms with Crippen LogP contribution in [-0.2, 0) is 0 Å². The molecule has 0 saturated heterocycles. The highest BCUT2D eigenvalue weighted by Crippen LogP contribution is 2.47. The van der Waals surface area contributed by atoms with Gasteiger partial charge in [0.15, 0.2) is 0 Å². The van der Waals surface area contributed by atoms with Crippen molar-refractivity contribution in [1.82, 2.24) is 0 Å². The minimum absolute atomic E-state index is 0.610. The molecule has 1 aromatic heterocycles. The van der Waals surface area contributed by atoms with E-state index in [0.29, 0.717) is 0 Å². The van der Waals surface area contributed by atoms with Crippen LogP contribution >= 0.6 is 0 Å². The van der Waals surface area contributed by atoms with E-state index >= 15 is 0 Å². The molecule has 0 saturated carbocycles. The van der Waals surface area contributed by atoms with E-state index in [4.69, 9.17) is 31.8 Å². The molecule has 1 heteroatoms. The van der Waals surface area contributed by atoms with Crippen LogP contribution in [-0.4, -0.2) is 0 Å². The zero-order valence-corrected chi connectivity index (χ0v) is 22.4. The van der Waals surface area contributed by atoms with Gasteiger partial charge in [-0.3, -0.25) is 0 Å². The molecule has 0 N–H and O–H groups in total. The van der Waals surface area contributed by atoms with Gasteiger partial charge in [0.05, 0.1) is 38.4 Å². The fourth-order valence-electron chi connectivity index (χ4n) is 5.23. The van der Waals surface area contributed by atoms with Crippen LogP contribution in [0.2, 0.25) is 0 Å². The summed E-state index contributed by atoms with van der Waals surface area (Å²) in [7, 11) is 0. The average molecular weight is 601 g/mol. The molecule has 0 amide bonds. The Morgan fingerprint density at radius 3 is 1.49 bits per heavy atom. The lowest BCUT2D eigenvalue weighted by Gasteiger charge is -2.18. The highest BCUT2D eigenvalue weighted by Gasteiger charge is 2.20. The van der Waals surface area contributed by atoms with E-state index in [0.717, 1.165) is 0 Å². The molecule has 0 radical (unpaired) electrons. The predicted octanol–water partition coefficient (Wildman–Crippen LogP) is 12.6. The summed E-state index contributed by atoms with van der Waals surface area (Å²) in [6, 6.07) is -27.1. The summed E-state index contributed by atoms with van der Waals surface area (Å²) in [6.07, 6.45) is 0. The van der Waals surface area contributed by atoms with Gasteiger partial charge < -0.3 is 4.42 Å². The minimum Gasteiger partial charge on any atom is -0.456 e. The standard InChI is InChI=1S/C44H28O/c1-3-13-29(14-4-1)31-17-11-18-33(27-31)42-34-19-7-9-21-36(34)43(37-22-10-8-20-35(37)42)38-23-12-24-41-44(38)39-28-32(25-26-40(39)45-41)30-15-5-2-6-16-30/h1-28H/i1D,2D,3D,4D,5D,6D,7D,8D,9D,10D,11D,12D,13D,14D,15D,16D,17D,18D,19D,20D,21D,22D,23D,24D,25D,26D,27D,28D. The number of hydrogen-bond donors (Lipinski definition) is 0. The molecule has 1 nitrogen and oxygen atoms in total. The molecule has 0 aliphatic rings. The second-order valence-electron chi connectivity index (χ2n) is 9.51.